The number of carbonyl (C=O) groups is 2. The largest absolute Gasteiger partial charge is 0.352 e. The lowest BCUT2D eigenvalue weighted by atomic mass is 10.1. The Morgan fingerprint density at radius 1 is 1.06 bits per heavy atom. The van der Waals surface area contributed by atoms with Crippen molar-refractivity contribution in [3.05, 3.63) is 64.6 Å². The van der Waals surface area contributed by atoms with Crippen molar-refractivity contribution in [3.63, 3.8) is 0 Å². The molecule has 0 saturated heterocycles. The van der Waals surface area contributed by atoms with Gasteiger partial charge in [0.2, 0.25) is 0 Å². The van der Waals surface area contributed by atoms with Gasteiger partial charge >= 0.3 is 0 Å². The second-order valence-electron chi connectivity index (χ2n) is 9.49. The lowest BCUT2D eigenvalue weighted by Gasteiger charge is -2.23. The number of carbonyl (C=O) groups excluding carboxylic acids is 2. The first-order chi connectivity index (χ1) is 15.8. The molecule has 0 bridgehead atoms. The Labute approximate surface area is 202 Å². The van der Waals surface area contributed by atoms with Gasteiger partial charge in [0, 0.05) is 35.3 Å². The van der Waals surface area contributed by atoms with Gasteiger partial charge in [-0.2, -0.15) is 0 Å². The van der Waals surface area contributed by atoms with Crippen LogP contribution in [0.3, 0.4) is 0 Å². The lowest BCUT2D eigenvalue weighted by Crippen LogP contribution is -3.13. The van der Waals surface area contributed by atoms with E-state index in [9.17, 15) is 9.59 Å². The van der Waals surface area contributed by atoms with E-state index in [-0.39, 0.29) is 11.8 Å². The molecule has 0 aliphatic carbocycles. The van der Waals surface area contributed by atoms with Crippen LogP contribution in [0.5, 0.6) is 0 Å². The highest BCUT2D eigenvalue weighted by Crippen LogP contribution is 2.39. The Kier molecular flexibility index (Phi) is 9.15. The monoisotopic (exact) mass is 466 g/mol. The van der Waals surface area contributed by atoms with Gasteiger partial charge in [0.05, 0.1) is 30.2 Å². The van der Waals surface area contributed by atoms with Crippen molar-refractivity contribution < 1.29 is 14.5 Å². The first-order valence-electron chi connectivity index (χ1n) is 11.8. The number of fused-ring (bicyclic) bond motifs is 1. The summed E-state index contributed by atoms with van der Waals surface area (Å²) < 4.78 is 0. The number of nitrogens with one attached hydrogen (secondary N) is 3. The van der Waals surface area contributed by atoms with Gasteiger partial charge in [-0.3, -0.25) is 9.59 Å². The zero-order valence-electron chi connectivity index (χ0n) is 20.1. The third-order valence-corrected chi connectivity index (χ3v) is 6.52. The van der Waals surface area contributed by atoms with E-state index in [4.69, 9.17) is 0 Å². The Bertz CT molecular complexity index is 976. The van der Waals surface area contributed by atoms with Crippen LogP contribution in [0.1, 0.15) is 50.0 Å². The zero-order chi connectivity index (χ0) is 23.8. The van der Waals surface area contributed by atoms with Crippen LogP contribution >= 0.6 is 11.8 Å². The van der Waals surface area contributed by atoms with Crippen molar-refractivity contribution in [2.24, 2.45) is 11.8 Å². The summed E-state index contributed by atoms with van der Waals surface area (Å²) in [5.41, 5.74) is 2.24. The number of thioether (sulfide) groups is 1. The molecule has 0 fully saturated rings. The van der Waals surface area contributed by atoms with E-state index in [1.807, 2.05) is 48.5 Å². The molecule has 3 rings (SSSR count). The maximum atomic E-state index is 12.7. The molecule has 3 N–H and O–H groups in total. The van der Waals surface area contributed by atoms with E-state index in [0.717, 1.165) is 36.5 Å². The smallest absolute Gasteiger partial charge is 0.262 e. The van der Waals surface area contributed by atoms with Crippen LogP contribution in [0, 0.1) is 11.8 Å². The molecule has 6 heteroatoms. The summed E-state index contributed by atoms with van der Waals surface area (Å²) in [5, 5.41) is 5.97. The van der Waals surface area contributed by atoms with Crippen LogP contribution in [0.15, 0.2) is 58.3 Å². The molecule has 0 radical (unpaired) electrons. The fourth-order valence-corrected chi connectivity index (χ4v) is 5.02. The van der Waals surface area contributed by atoms with Crippen molar-refractivity contribution in [2.75, 3.05) is 31.5 Å². The molecule has 0 unspecified atom stereocenters. The third-order valence-electron chi connectivity index (χ3n) is 5.42. The van der Waals surface area contributed by atoms with E-state index < -0.39 is 0 Å². The standard InChI is InChI=1S/C27H35N3O2S/c1-19(2)17-30(18-20(3)4)14-8-13-28-26(31)22-11-12-24-23(16-22)29-27(32)25(33-24)15-21-9-6-5-7-10-21/h5-7,9-12,15-16,19-20H,8,13-14,17-18H2,1-4H3,(H,28,31)(H,29,32)/p+1. The minimum atomic E-state index is -0.146. The Morgan fingerprint density at radius 3 is 2.42 bits per heavy atom. The molecule has 1 heterocycles. The normalized spacial score (nSPS) is 14.6. The molecule has 176 valence electrons. The predicted octanol–water partition coefficient (Wildman–Crippen LogP) is 4.09. The summed E-state index contributed by atoms with van der Waals surface area (Å²) in [6.45, 7) is 13.1. The van der Waals surface area contributed by atoms with Gasteiger partial charge in [-0.25, -0.2) is 0 Å². The highest BCUT2D eigenvalue weighted by Gasteiger charge is 2.22. The molecule has 0 aromatic heterocycles. The third kappa shape index (κ3) is 7.76. The molecule has 0 spiro atoms. The number of hydrogen-bond acceptors (Lipinski definition) is 3. The van der Waals surface area contributed by atoms with E-state index in [2.05, 4.69) is 38.3 Å². The van der Waals surface area contributed by atoms with Gasteiger partial charge in [-0.15, -0.1) is 0 Å². The first-order valence-corrected chi connectivity index (χ1v) is 12.6. The molecule has 1 aliphatic rings. The van der Waals surface area contributed by atoms with Crippen LogP contribution in [-0.2, 0) is 4.79 Å². The SMILES string of the molecule is CC(C)C[NH+](CCCNC(=O)c1ccc2c(c1)NC(=O)C(=Cc1ccccc1)S2)CC(C)C. The minimum Gasteiger partial charge on any atom is -0.352 e. The minimum absolute atomic E-state index is 0.100. The number of rotatable bonds is 10. The molecule has 33 heavy (non-hydrogen) atoms. The number of benzene rings is 2. The second kappa shape index (κ2) is 12.1. The van der Waals surface area contributed by atoms with Gasteiger partial charge in [0.25, 0.3) is 11.8 Å². The molecular formula is C27H36N3O2S+. The topological polar surface area (TPSA) is 62.6 Å². The van der Waals surface area contributed by atoms with Crippen LogP contribution < -0.4 is 15.5 Å². The van der Waals surface area contributed by atoms with Crippen molar-refractivity contribution in [3.8, 4) is 0 Å². The quantitative estimate of drug-likeness (QED) is 0.365. The summed E-state index contributed by atoms with van der Waals surface area (Å²) in [6, 6.07) is 15.3. The molecule has 0 saturated carbocycles. The maximum Gasteiger partial charge on any atom is 0.262 e. The maximum absolute atomic E-state index is 12.7. The fraction of sp³-hybridized carbons (Fsp3) is 0.407. The van der Waals surface area contributed by atoms with Gasteiger partial charge in [0.15, 0.2) is 0 Å². The van der Waals surface area contributed by atoms with Gasteiger partial charge in [0.1, 0.15) is 0 Å². The zero-order valence-corrected chi connectivity index (χ0v) is 20.9. The first kappa shape index (κ1) is 25.1. The fourth-order valence-electron chi connectivity index (χ4n) is 4.09. The molecule has 2 aromatic carbocycles. The Balaban J connectivity index is 1.55. The molecule has 2 amide bonds. The number of anilines is 1. The average molecular weight is 467 g/mol. The lowest BCUT2D eigenvalue weighted by molar-refractivity contribution is -0.906. The highest BCUT2D eigenvalue weighted by atomic mass is 32.2. The van der Waals surface area contributed by atoms with Crippen molar-refractivity contribution in [2.45, 2.75) is 39.0 Å². The van der Waals surface area contributed by atoms with Crippen LogP contribution in [-0.4, -0.2) is 38.0 Å². The van der Waals surface area contributed by atoms with Crippen molar-refractivity contribution in [1.29, 1.82) is 0 Å². The predicted molar refractivity (Wildman–Crippen MR) is 138 cm³/mol. The summed E-state index contributed by atoms with van der Waals surface area (Å²) in [5.74, 6) is 1.09. The molecule has 1 aliphatic heterocycles. The summed E-state index contributed by atoms with van der Waals surface area (Å²) in [6.07, 6.45) is 2.83. The average Bonchev–Trinajstić information content (AvgIpc) is 2.76. The van der Waals surface area contributed by atoms with Crippen molar-refractivity contribution in [1.82, 2.24) is 5.32 Å². The number of quaternary nitrogens is 1. The number of hydrogen-bond donors (Lipinski definition) is 3. The van der Waals surface area contributed by atoms with E-state index >= 15 is 0 Å². The van der Waals surface area contributed by atoms with Crippen LogP contribution in [0.25, 0.3) is 6.08 Å². The summed E-state index contributed by atoms with van der Waals surface area (Å²) in [7, 11) is 0. The van der Waals surface area contributed by atoms with Gasteiger partial charge in [-0.1, -0.05) is 69.8 Å². The van der Waals surface area contributed by atoms with Gasteiger partial charge < -0.3 is 15.5 Å². The van der Waals surface area contributed by atoms with E-state index in [1.165, 1.54) is 11.8 Å². The second-order valence-corrected chi connectivity index (χ2v) is 10.6. The molecule has 2 aromatic rings. The highest BCUT2D eigenvalue weighted by molar-refractivity contribution is 8.04. The Hall–Kier alpha value is -2.57. The molecule has 0 atom stereocenters. The van der Waals surface area contributed by atoms with Crippen LogP contribution in [0.4, 0.5) is 5.69 Å². The Morgan fingerprint density at radius 2 is 1.76 bits per heavy atom. The molecule has 5 nitrogen and oxygen atoms in total. The van der Waals surface area contributed by atoms with E-state index in [0.29, 0.717) is 34.5 Å². The summed E-state index contributed by atoms with van der Waals surface area (Å²) >= 11 is 1.43. The molecular weight excluding hydrogens is 430 g/mol. The van der Waals surface area contributed by atoms with Crippen molar-refractivity contribution >= 4 is 35.3 Å². The van der Waals surface area contributed by atoms with E-state index in [1.54, 1.807) is 11.0 Å². The summed E-state index contributed by atoms with van der Waals surface area (Å²) in [4.78, 5) is 28.4. The number of amides is 2. The van der Waals surface area contributed by atoms with Crippen LogP contribution in [0.2, 0.25) is 0 Å². The van der Waals surface area contributed by atoms with Gasteiger partial charge in [-0.05, 0) is 29.8 Å².